The van der Waals surface area contributed by atoms with Crippen LogP contribution in [0.25, 0.3) is 0 Å². The number of alkyl halides is 3. The molecule has 2 N–H and O–H groups in total. The zero-order valence-corrected chi connectivity index (χ0v) is 19.2. The van der Waals surface area contributed by atoms with Crippen molar-refractivity contribution in [2.75, 3.05) is 6.61 Å². The molecule has 35 heavy (non-hydrogen) atoms. The van der Waals surface area contributed by atoms with Crippen molar-refractivity contribution < 1.29 is 32.2 Å². The number of hydrogen-bond acceptors (Lipinski definition) is 6. The lowest BCUT2D eigenvalue weighted by molar-refractivity contribution is -0.274. The maximum atomic E-state index is 12.7. The summed E-state index contributed by atoms with van der Waals surface area (Å²) < 4.78 is 45.6. The molecular formula is C24H22F3N3O4S. The fraction of sp³-hybridized carbons (Fsp3) is 0.292. The number of aromatic nitrogens is 1. The van der Waals surface area contributed by atoms with Crippen LogP contribution in [0.4, 0.5) is 13.2 Å². The predicted molar refractivity (Wildman–Crippen MR) is 122 cm³/mol. The van der Waals surface area contributed by atoms with Gasteiger partial charge in [0.05, 0.1) is 12.6 Å². The fourth-order valence-electron chi connectivity index (χ4n) is 3.74. The molecule has 0 saturated heterocycles. The highest BCUT2D eigenvalue weighted by Gasteiger charge is 2.31. The number of carbonyl (C=O) groups excluding carboxylic acids is 2. The lowest BCUT2D eigenvalue weighted by atomic mass is 9.88. The highest BCUT2D eigenvalue weighted by atomic mass is 32.1. The van der Waals surface area contributed by atoms with Crippen LogP contribution in [0.3, 0.4) is 0 Å². The van der Waals surface area contributed by atoms with E-state index >= 15 is 0 Å². The number of carbonyl (C=O) groups is 2. The highest BCUT2D eigenvalue weighted by Crippen LogP contribution is 2.30. The van der Waals surface area contributed by atoms with Crippen LogP contribution >= 0.6 is 11.3 Å². The molecule has 2 amide bonds. The standard InChI is InChI=1S/C24H22F3N3O4S/c25-24(26,27)34-17-10-8-16(9-11-17)33-13-21(31)28-12-22-29-20(14-35-22)23(32)30-19-7-3-5-15-4-1-2-6-18(15)19/h1-2,4,6,8-11,14,19H,3,5,7,12-13H2,(H,28,31)(H,30,32)/t19-/m1/s1. The normalized spacial score (nSPS) is 15.1. The molecule has 0 saturated carbocycles. The van der Waals surface area contributed by atoms with E-state index in [1.54, 1.807) is 5.38 Å². The first-order valence-electron chi connectivity index (χ1n) is 10.9. The summed E-state index contributed by atoms with van der Waals surface area (Å²) in [4.78, 5) is 29.0. The molecule has 0 fully saturated rings. The molecule has 1 aliphatic carbocycles. The number of amides is 2. The van der Waals surface area contributed by atoms with Gasteiger partial charge in [0.2, 0.25) is 0 Å². The quantitative estimate of drug-likeness (QED) is 0.469. The van der Waals surface area contributed by atoms with E-state index in [4.69, 9.17) is 4.74 Å². The number of nitrogens with zero attached hydrogens (tertiary/aromatic N) is 1. The van der Waals surface area contributed by atoms with Gasteiger partial charge in [0.15, 0.2) is 6.61 Å². The van der Waals surface area contributed by atoms with Gasteiger partial charge >= 0.3 is 6.36 Å². The number of ether oxygens (including phenoxy) is 2. The van der Waals surface area contributed by atoms with E-state index in [9.17, 15) is 22.8 Å². The van der Waals surface area contributed by atoms with Gasteiger partial charge < -0.3 is 20.1 Å². The van der Waals surface area contributed by atoms with Gasteiger partial charge in [-0.15, -0.1) is 24.5 Å². The molecular weight excluding hydrogens is 483 g/mol. The molecule has 1 heterocycles. The van der Waals surface area contributed by atoms with Crippen molar-refractivity contribution in [1.29, 1.82) is 0 Å². The zero-order chi connectivity index (χ0) is 24.8. The minimum atomic E-state index is -4.78. The lowest BCUT2D eigenvalue weighted by Gasteiger charge is -2.26. The van der Waals surface area contributed by atoms with Crippen LogP contribution in [0.2, 0.25) is 0 Å². The molecule has 0 radical (unpaired) electrons. The summed E-state index contributed by atoms with van der Waals surface area (Å²) in [6.45, 7) is -0.218. The van der Waals surface area contributed by atoms with Crippen molar-refractivity contribution in [3.8, 4) is 11.5 Å². The molecule has 3 aromatic rings. The fourth-order valence-corrected chi connectivity index (χ4v) is 4.46. The molecule has 0 aliphatic heterocycles. The summed E-state index contributed by atoms with van der Waals surface area (Å²) in [5.74, 6) is -0.875. The van der Waals surface area contributed by atoms with E-state index in [0.29, 0.717) is 10.7 Å². The number of thiazole rings is 1. The number of benzene rings is 2. The predicted octanol–water partition coefficient (Wildman–Crippen LogP) is 4.54. The molecule has 4 rings (SSSR count). The third kappa shape index (κ3) is 6.95. The Labute approximate surface area is 203 Å². The largest absolute Gasteiger partial charge is 0.573 e. The van der Waals surface area contributed by atoms with Crippen LogP contribution in [-0.2, 0) is 17.8 Å². The number of hydrogen-bond donors (Lipinski definition) is 2. The Bertz CT molecular complexity index is 1180. The van der Waals surface area contributed by atoms with Gasteiger partial charge in [-0.25, -0.2) is 4.98 Å². The summed E-state index contributed by atoms with van der Waals surface area (Å²) in [6, 6.07) is 12.8. The molecule has 2 aromatic carbocycles. The van der Waals surface area contributed by atoms with Crippen molar-refractivity contribution >= 4 is 23.2 Å². The third-order valence-corrected chi connectivity index (χ3v) is 6.17. The molecule has 1 atom stereocenters. The molecule has 0 unspecified atom stereocenters. The Morgan fingerprint density at radius 2 is 1.83 bits per heavy atom. The van der Waals surface area contributed by atoms with Crippen molar-refractivity contribution in [3.63, 3.8) is 0 Å². The second-order valence-electron chi connectivity index (χ2n) is 7.83. The second-order valence-corrected chi connectivity index (χ2v) is 8.77. The van der Waals surface area contributed by atoms with E-state index in [2.05, 4.69) is 26.4 Å². The first-order chi connectivity index (χ1) is 16.8. The average Bonchev–Trinajstić information content (AvgIpc) is 3.31. The first kappa shape index (κ1) is 24.5. The van der Waals surface area contributed by atoms with E-state index in [0.717, 1.165) is 37.0 Å². The van der Waals surface area contributed by atoms with Crippen LogP contribution in [-0.4, -0.2) is 29.8 Å². The summed E-state index contributed by atoms with van der Waals surface area (Å²) in [5.41, 5.74) is 2.68. The van der Waals surface area contributed by atoms with Crippen molar-refractivity contribution in [1.82, 2.24) is 15.6 Å². The number of halogens is 3. The first-order valence-corrected chi connectivity index (χ1v) is 11.7. The minimum Gasteiger partial charge on any atom is -0.484 e. The van der Waals surface area contributed by atoms with Gasteiger partial charge in [-0.1, -0.05) is 24.3 Å². The Morgan fingerprint density at radius 1 is 1.09 bits per heavy atom. The Hall–Kier alpha value is -3.60. The van der Waals surface area contributed by atoms with Gasteiger partial charge in [0, 0.05) is 5.38 Å². The second kappa shape index (κ2) is 10.8. The van der Waals surface area contributed by atoms with Gasteiger partial charge in [0.1, 0.15) is 22.2 Å². The highest BCUT2D eigenvalue weighted by molar-refractivity contribution is 7.09. The molecule has 1 aromatic heterocycles. The minimum absolute atomic E-state index is 0.0523. The van der Waals surface area contributed by atoms with Crippen LogP contribution in [0.15, 0.2) is 53.9 Å². The maximum Gasteiger partial charge on any atom is 0.573 e. The Balaban J connectivity index is 1.23. The van der Waals surface area contributed by atoms with Crippen LogP contribution in [0.5, 0.6) is 11.5 Å². The lowest BCUT2D eigenvalue weighted by Crippen LogP contribution is -2.31. The number of aryl methyl sites for hydroxylation is 1. The third-order valence-electron chi connectivity index (χ3n) is 5.32. The van der Waals surface area contributed by atoms with Gasteiger partial charge in [-0.2, -0.15) is 0 Å². The van der Waals surface area contributed by atoms with Crippen molar-refractivity contribution in [2.24, 2.45) is 0 Å². The number of nitrogens with one attached hydrogen (secondary N) is 2. The Morgan fingerprint density at radius 3 is 2.60 bits per heavy atom. The smallest absolute Gasteiger partial charge is 0.484 e. The molecule has 0 spiro atoms. The van der Waals surface area contributed by atoms with E-state index in [-0.39, 0.29) is 36.6 Å². The average molecular weight is 506 g/mol. The van der Waals surface area contributed by atoms with Crippen LogP contribution < -0.4 is 20.1 Å². The number of rotatable bonds is 8. The maximum absolute atomic E-state index is 12.7. The Kier molecular flexibility index (Phi) is 7.54. The molecule has 7 nitrogen and oxygen atoms in total. The van der Waals surface area contributed by atoms with Gasteiger partial charge in [-0.05, 0) is 54.7 Å². The summed E-state index contributed by atoms with van der Waals surface area (Å²) in [5, 5.41) is 7.89. The van der Waals surface area contributed by atoms with Crippen LogP contribution in [0, 0.1) is 0 Å². The zero-order valence-electron chi connectivity index (χ0n) is 18.4. The summed E-state index contributed by atoms with van der Waals surface area (Å²) in [7, 11) is 0. The van der Waals surface area contributed by atoms with E-state index in [1.807, 2.05) is 18.2 Å². The number of fused-ring (bicyclic) bond motifs is 1. The van der Waals surface area contributed by atoms with Gasteiger partial charge in [-0.3, -0.25) is 9.59 Å². The SMILES string of the molecule is O=C(COc1ccc(OC(F)(F)F)cc1)NCc1nc(C(=O)N[C@@H]2CCCc3ccccc32)cs1. The summed E-state index contributed by atoms with van der Waals surface area (Å²) >= 11 is 1.25. The van der Waals surface area contributed by atoms with Crippen molar-refractivity contribution in [3.05, 3.63) is 75.7 Å². The van der Waals surface area contributed by atoms with E-state index in [1.165, 1.54) is 29.0 Å². The van der Waals surface area contributed by atoms with Crippen molar-refractivity contribution in [2.45, 2.75) is 38.2 Å². The molecule has 11 heteroatoms. The van der Waals surface area contributed by atoms with E-state index < -0.39 is 12.3 Å². The van der Waals surface area contributed by atoms with Crippen LogP contribution in [0.1, 0.15) is 45.5 Å². The molecule has 1 aliphatic rings. The topological polar surface area (TPSA) is 89.6 Å². The van der Waals surface area contributed by atoms with Gasteiger partial charge in [0.25, 0.3) is 11.8 Å². The molecule has 184 valence electrons. The monoisotopic (exact) mass is 505 g/mol. The molecule has 0 bridgehead atoms. The summed E-state index contributed by atoms with van der Waals surface area (Å²) in [6.07, 6.45) is -1.90.